The van der Waals surface area contributed by atoms with Crippen molar-refractivity contribution in [2.45, 2.75) is 38.0 Å². The molecule has 0 spiro atoms. The van der Waals surface area contributed by atoms with Crippen LogP contribution >= 0.6 is 11.8 Å². The van der Waals surface area contributed by atoms with Crippen molar-refractivity contribution in [3.63, 3.8) is 0 Å². The normalized spacial score (nSPS) is 11.7. The topological polar surface area (TPSA) is 91.8 Å². The summed E-state index contributed by atoms with van der Waals surface area (Å²) in [6.45, 7) is 7.17. The van der Waals surface area contributed by atoms with E-state index in [1.54, 1.807) is 20.8 Å². The van der Waals surface area contributed by atoms with Crippen LogP contribution in [0.25, 0.3) is 11.3 Å². The number of anilines is 1. The van der Waals surface area contributed by atoms with E-state index in [0.29, 0.717) is 22.2 Å². The molecule has 6 nitrogen and oxygen atoms in total. The van der Waals surface area contributed by atoms with E-state index in [9.17, 15) is 10.1 Å². The summed E-state index contributed by atoms with van der Waals surface area (Å²) in [5.74, 6) is 1.19. The van der Waals surface area contributed by atoms with Crippen LogP contribution in [0.1, 0.15) is 29.6 Å². The lowest BCUT2D eigenvalue weighted by Gasteiger charge is -2.12. The Morgan fingerprint density at radius 2 is 1.93 bits per heavy atom. The maximum Gasteiger partial charge on any atom is 0.239 e. The van der Waals surface area contributed by atoms with Gasteiger partial charge in [0.2, 0.25) is 11.8 Å². The van der Waals surface area contributed by atoms with Crippen molar-refractivity contribution in [3.05, 3.63) is 59.1 Å². The van der Waals surface area contributed by atoms with Crippen LogP contribution < -0.4 is 5.32 Å². The summed E-state index contributed by atoms with van der Waals surface area (Å²) >= 11 is 1.33. The summed E-state index contributed by atoms with van der Waals surface area (Å²) in [7, 11) is 0. The second kappa shape index (κ2) is 8.28. The molecular weight excluding hydrogens is 372 g/mol. The molecule has 142 valence electrons. The number of rotatable bonds is 5. The van der Waals surface area contributed by atoms with Gasteiger partial charge >= 0.3 is 0 Å². The Labute approximate surface area is 168 Å². The Hall–Kier alpha value is -3.11. The Morgan fingerprint density at radius 3 is 2.61 bits per heavy atom. The van der Waals surface area contributed by atoms with Gasteiger partial charge in [0.25, 0.3) is 0 Å². The SMILES string of the molecule is Cc1nc(SC(C)C(=O)Nc2oc(C)c(C)c2C#N)cc(-c2ccccc2)n1. The molecule has 0 saturated carbocycles. The van der Waals surface area contributed by atoms with Crippen molar-refractivity contribution >= 4 is 23.6 Å². The predicted molar refractivity (Wildman–Crippen MR) is 109 cm³/mol. The van der Waals surface area contributed by atoms with E-state index in [2.05, 4.69) is 21.4 Å². The third kappa shape index (κ3) is 4.24. The third-order valence-electron chi connectivity index (χ3n) is 4.28. The first kappa shape index (κ1) is 19.6. The van der Waals surface area contributed by atoms with Crippen LogP contribution in [-0.2, 0) is 4.79 Å². The van der Waals surface area contributed by atoms with E-state index in [1.807, 2.05) is 43.3 Å². The first-order valence-corrected chi connectivity index (χ1v) is 9.65. The zero-order valence-electron chi connectivity index (χ0n) is 16.1. The molecule has 0 radical (unpaired) electrons. The zero-order chi connectivity index (χ0) is 20.3. The van der Waals surface area contributed by atoms with E-state index in [4.69, 9.17) is 4.42 Å². The lowest BCUT2D eigenvalue weighted by molar-refractivity contribution is -0.115. The van der Waals surface area contributed by atoms with E-state index >= 15 is 0 Å². The molecule has 0 aliphatic rings. The number of furan rings is 1. The number of benzene rings is 1. The molecule has 2 heterocycles. The van der Waals surface area contributed by atoms with Gasteiger partial charge in [-0.25, -0.2) is 9.97 Å². The largest absolute Gasteiger partial charge is 0.444 e. The lowest BCUT2D eigenvalue weighted by atomic mass is 10.1. The minimum Gasteiger partial charge on any atom is -0.444 e. The monoisotopic (exact) mass is 392 g/mol. The fraction of sp³-hybridized carbons (Fsp3) is 0.238. The molecule has 1 unspecified atom stereocenters. The average Bonchev–Trinajstić information content (AvgIpc) is 2.94. The second-order valence-electron chi connectivity index (χ2n) is 6.35. The van der Waals surface area contributed by atoms with Gasteiger partial charge in [0, 0.05) is 11.1 Å². The standard InChI is InChI=1S/C21H20N4O2S/c1-12-13(2)27-21(17(12)11-22)25-20(26)14(3)28-19-10-18(23-15(4)24-19)16-8-6-5-7-9-16/h5-10,14H,1-4H3,(H,25,26). The van der Waals surface area contributed by atoms with Gasteiger partial charge in [-0.05, 0) is 33.8 Å². The van der Waals surface area contributed by atoms with Crippen LogP contribution in [0.2, 0.25) is 0 Å². The number of carbonyl (C=O) groups is 1. The van der Waals surface area contributed by atoms with Crippen molar-refractivity contribution in [1.82, 2.24) is 9.97 Å². The number of hydrogen-bond acceptors (Lipinski definition) is 6. The Balaban J connectivity index is 1.77. The molecule has 3 rings (SSSR count). The predicted octanol–water partition coefficient (Wildman–Crippen LogP) is 4.65. The number of thioether (sulfide) groups is 1. The van der Waals surface area contributed by atoms with Gasteiger partial charge in [0.1, 0.15) is 28.2 Å². The van der Waals surface area contributed by atoms with Gasteiger partial charge in [-0.15, -0.1) is 0 Å². The highest BCUT2D eigenvalue weighted by molar-refractivity contribution is 8.00. The molecule has 2 aromatic heterocycles. The molecular formula is C21H20N4O2S. The average molecular weight is 392 g/mol. The van der Waals surface area contributed by atoms with Crippen molar-refractivity contribution in [1.29, 1.82) is 5.26 Å². The van der Waals surface area contributed by atoms with E-state index < -0.39 is 5.25 Å². The minimum atomic E-state index is -0.435. The smallest absolute Gasteiger partial charge is 0.239 e. The van der Waals surface area contributed by atoms with Crippen LogP contribution in [-0.4, -0.2) is 21.1 Å². The first-order chi connectivity index (χ1) is 13.4. The first-order valence-electron chi connectivity index (χ1n) is 8.77. The Bertz CT molecular complexity index is 1050. The lowest BCUT2D eigenvalue weighted by Crippen LogP contribution is -2.22. The molecule has 0 bridgehead atoms. The van der Waals surface area contributed by atoms with Gasteiger partial charge in [-0.2, -0.15) is 5.26 Å². The molecule has 1 amide bonds. The number of aromatic nitrogens is 2. The van der Waals surface area contributed by atoms with Gasteiger partial charge in [0.05, 0.1) is 10.9 Å². The fourth-order valence-corrected chi connectivity index (χ4v) is 3.55. The van der Waals surface area contributed by atoms with E-state index in [-0.39, 0.29) is 11.8 Å². The molecule has 0 aliphatic carbocycles. The van der Waals surface area contributed by atoms with Crippen molar-refractivity contribution in [3.8, 4) is 17.3 Å². The van der Waals surface area contributed by atoms with Gasteiger partial charge in [-0.3, -0.25) is 10.1 Å². The molecule has 1 N–H and O–H groups in total. The third-order valence-corrected chi connectivity index (χ3v) is 5.30. The number of carbonyl (C=O) groups excluding carboxylic acids is 1. The zero-order valence-corrected chi connectivity index (χ0v) is 16.9. The summed E-state index contributed by atoms with van der Waals surface area (Å²) in [6, 6.07) is 13.8. The molecule has 0 aliphatic heterocycles. The molecule has 0 fully saturated rings. The summed E-state index contributed by atoms with van der Waals surface area (Å²) in [5, 5.41) is 12.3. The van der Waals surface area contributed by atoms with Crippen molar-refractivity contribution in [2.24, 2.45) is 0 Å². The Morgan fingerprint density at radius 1 is 1.21 bits per heavy atom. The number of amides is 1. The Kier molecular flexibility index (Phi) is 5.81. The molecule has 0 saturated heterocycles. The molecule has 1 atom stereocenters. The van der Waals surface area contributed by atoms with E-state index in [1.165, 1.54) is 11.8 Å². The number of nitrogens with one attached hydrogen (secondary N) is 1. The van der Waals surface area contributed by atoms with Crippen LogP contribution in [0.15, 0.2) is 45.8 Å². The summed E-state index contributed by atoms with van der Waals surface area (Å²) in [5.41, 5.74) is 2.89. The van der Waals surface area contributed by atoms with Crippen LogP contribution in [0.4, 0.5) is 5.88 Å². The van der Waals surface area contributed by atoms with Gasteiger partial charge in [-0.1, -0.05) is 42.1 Å². The fourth-order valence-electron chi connectivity index (χ4n) is 2.66. The summed E-state index contributed by atoms with van der Waals surface area (Å²) in [6.07, 6.45) is 0. The van der Waals surface area contributed by atoms with Gasteiger partial charge < -0.3 is 4.42 Å². The summed E-state index contributed by atoms with van der Waals surface area (Å²) in [4.78, 5) is 21.5. The van der Waals surface area contributed by atoms with Crippen LogP contribution in [0.3, 0.4) is 0 Å². The second-order valence-corrected chi connectivity index (χ2v) is 7.71. The van der Waals surface area contributed by atoms with Crippen molar-refractivity contribution in [2.75, 3.05) is 5.32 Å². The number of nitrogens with zero attached hydrogens (tertiary/aromatic N) is 3. The van der Waals surface area contributed by atoms with Crippen molar-refractivity contribution < 1.29 is 9.21 Å². The highest BCUT2D eigenvalue weighted by Crippen LogP contribution is 2.29. The van der Waals surface area contributed by atoms with E-state index in [0.717, 1.165) is 16.8 Å². The number of nitriles is 1. The number of aryl methyl sites for hydroxylation is 2. The maximum absolute atomic E-state index is 12.6. The molecule has 7 heteroatoms. The maximum atomic E-state index is 12.6. The van der Waals surface area contributed by atoms with Gasteiger partial charge in [0.15, 0.2) is 0 Å². The molecule has 28 heavy (non-hydrogen) atoms. The minimum absolute atomic E-state index is 0.193. The van der Waals surface area contributed by atoms with Crippen LogP contribution in [0, 0.1) is 32.1 Å². The molecule has 3 aromatic rings. The highest BCUT2D eigenvalue weighted by Gasteiger charge is 2.21. The number of hydrogen-bond donors (Lipinski definition) is 1. The quantitative estimate of drug-likeness (QED) is 0.502. The van der Waals surface area contributed by atoms with Crippen LogP contribution in [0.5, 0.6) is 0 Å². The molecule has 1 aromatic carbocycles. The highest BCUT2D eigenvalue weighted by atomic mass is 32.2. The summed E-state index contributed by atoms with van der Waals surface area (Å²) < 4.78 is 5.51.